The molecule has 2 N–H and O–H groups in total. The van der Waals surface area contributed by atoms with Gasteiger partial charge in [0.15, 0.2) is 0 Å². The number of carboxylic acids is 2. The summed E-state index contributed by atoms with van der Waals surface area (Å²) in [5.41, 5.74) is 6.32. The monoisotopic (exact) mass is 431 g/mol. The molecule has 1 aliphatic heterocycles. The Morgan fingerprint density at radius 2 is 1.75 bits per heavy atom. The van der Waals surface area contributed by atoms with Gasteiger partial charge in [-0.1, -0.05) is 42.5 Å². The number of nitrogens with zero attached hydrogens (tertiary/aromatic N) is 3. The largest absolute Gasteiger partial charge is 0.478 e. The molecule has 0 saturated carbocycles. The molecule has 2 heterocycles. The van der Waals surface area contributed by atoms with Crippen LogP contribution in [-0.2, 0) is 16.1 Å². The van der Waals surface area contributed by atoms with Crippen molar-refractivity contribution in [2.75, 3.05) is 13.6 Å². The second-order valence-corrected chi connectivity index (χ2v) is 7.50. The summed E-state index contributed by atoms with van der Waals surface area (Å²) in [5, 5.41) is 15.6. The molecule has 1 atom stereocenters. The number of aromatic nitrogens is 2. The SMILES string of the molecule is CN1CCC(c2ccccc2)c2ccc(-c3cnccn3)cc2C1.O=C(O)/C=C\C(=O)O. The lowest BCUT2D eigenvalue weighted by molar-refractivity contribution is -0.134. The van der Waals surface area contributed by atoms with Crippen LogP contribution in [0.5, 0.6) is 0 Å². The van der Waals surface area contributed by atoms with Gasteiger partial charge < -0.3 is 15.1 Å². The molecule has 2 aromatic carbocycles. The molecule has 32 heavy (non-hydrogen) atoms. The quantitative estimate of drug-likeness (QED) is 0.605. The van der Waals surface area contributed by atoms with Gasteiger partial charge in [-0.15, -0.1) is 0 Å². The molecule has 7 nitrogen and oxygen atoms in total. The lowest BCUT2D eigenvalue weighted by Gasteiger charge is -2.18. The van der Waals surface area contributed by atoms with Gasteiger partial charge in [-0.3, -0.25) is 9.97 Å². The van der Waals surface area contributed by atoms with Crippen LogP contribution in [0.4, 0.5) is 0 Å². The predicted octanol–water partition coefficient (Wildman–Crippen LogP) is 3.82. The van der Waals surface area contributed by atoms with E-state index in [0.29, 0.717) is 18.1 Å². The van der Waals surface area contributed by atoms with E-state index in [1.54, 1.807) is 12.4 Å². The minimum absolute atomic E-state index is 0.460. The molecular formula is C25H25N3O4. The topological polar surface area (TPSA) is 104 Å². The molecule has 1 aromatic heterocycles. The normalized spacial score (nSPS) is 15.8. The predicted molar refractivity (Wildman–Crippen MR) is 121 cm³/mol. The molecular weight excluding hydrogens is 406 g/mol. The lowest BCUT2D eigenvalue weighted by Crippen LogP contribution is -2.17. The number of fused-ring (bicyclic) bond motifs is 1. The summed E-state index contributed by atoms with van der Waals surface area (Å²) in [6.07, 6.45) is 7.56. The van der Waals surface area contributed by atoms with Crippen molar-refractivity contribution < 1.29 is 19.8 Å². The Hall–Kier alpha value is -3.84. The van der Waals surface area contributed by atoms with Crippen molar-refractivity contribution in [1.82, 2.24) is 14.9 Å². The average Bonchev–Trinajstić information content (AvgIpc) is 2.97. The van der Waals surface area contributed by atoms with Crippen LogP contribution in [0.2, 0.25) is 0 Å². The third-order valence-corrected chi connectivity index (χ3v) is 5.19. The first-order valence-electron chi connectivity index (χ1n) is 10.2. The summed E-state index contributed by atoms with van der Waals surface area (Å²) < 4.78 is 0. The Morgan fingerprint density at radius 3 is 2.38 bits per heavy atom. The third-order valence-electron chi connectivity index (χ3n) is 5.19. The summed E-state index contributed by atoms with van der Waals surface area (Å²) in [5.74, 6) is -2.05. The fourth-order valence-corrected chi connectivity index (χ4v) is 3.74. The van der Waals surface area contributed by atoms with E-state index in [-0.39, 0.29) is 0 Å². The second kappa shape index (κ2) is 11.0. The number of hydrogen-bond donors (Lipinski definition) is 2. The average molecular weight is 431 g/mol. The second-order valence-electron chi connectivity index (χ2n) is 7.50. The first-order chi connectivity index (χ1) is 15.4. The van der Waals surface area contributed by atoms with Gasteiger partial charge in [0.25, 0.3) is 0 Å². The molecule has 0 fully saturated rings. The van der Waals surface area contributed by atoms with Crippen LogP contribution in [0.25, 0.3) is 11.3 Å². The number of carboxylic acid groups (broad SMARTS) is 2. The zero-order valence-corrected chi connectivity index (χ0v) is 17.8. The standard InChI is InChI=1S/C21H21N3.C4H4O4/c1-24-12-9-20(16-5-3-2-4-6-16)19-8-7-17(13-18(19)15-24)21-14-22-10-11-23-21;5-3(6)1-2-4(7)8/h2-8,10-11,13-14,20H,9,12,15H2,1H3;1-2H,(H,5,6)(H,7,8)/b;2-1-. The maximum absolute atomic E-state index is 9.55. The zero-order chi connectivity index (χ0) is 22.9. The number of benzene rings is 2. The van der Waals surface area contributed by atoms with Gasteiger partial charge in [-0.2, -0.15) is 0 Å². The van der Waals surface area contributed by atoms with E-state index in [1.165, 1.54) is 16.7 Å². The zero-order valence-electron chi connectivity index (χ0n) is 17.8. The molecule has 0 amide bonds. The highest BCUT2D eigenvalue weighted by molar-refractivity contribution is 5.89. The van der Waals surface area contributed by atoms with Crippen molar-refractivity contribution in [2.24, 2.45) is 0 Å². The van der Waals surface area contributed by atoms with E-state index in [4.69, 9.17) is 10.2 Å². The molecule has 7 heteroatoms. The van der Waals surface area contributed by atoms with Gasteiger partial charge in [-0.05, 0) is 42.8 Å². The van der Waals surface area contributed by atoms with Gasteiger partial charge in [0, 0.05) is 42.6 Å². The maximum Gasteiger partial charge on any atom is 0.328 e. The Bertz CT molecular complexity index is 1070. The van der Waals surface area contributed by atoms with Gasteiger partial charge in [0.05, 0.1) is 11.9 Å². The Balaban J connectivity index is 0.000000312. The molecule has 0 bridgehead atoms. The highest BCUT2D eigenvalue weighted by Gasteiger charge is 2.22. The first-order valence-corrected chi connectivity index (χ1v) is 10.2. The van der Waals surface area contributed by atoms with Crippen molar-refractivity contribution in [3.8, 4) is 11.3 Å². The first kappa shape index (κ1) is 22.8. The molecule has 1 aliphatic rings. The molecule has 0 spiro atoms. The molecule has 4 rings (SSSR count). The third kappa shape index (κ3) is 6.33. The van der Waals surface area contributed by atoms with E-state index in [9.17, 15) is 9.59 Å². The summed E-state index contributed by atoms with van der Waals surface area (Å²) in [6.45, 7) is 2.08. The Kier molecular flexibility index (Phi) is 7.83. The fourth-order valence-electron chi connectivity index (χ4n) is 3.74. The van der Waals surface area contributed by atoms with Crippen LogP contribution in [0.15, 0.2) is 79.3 Å². The van der Waals surface area contributed by atoms with Crippen LogP contribution in [-0.4, -0.2) is 50.6 Å². The number of aliphatic carboxylic acids is 2. The summed E-state index contributed by atoms with van der Waals surface area (Å²) >= 11 is 0. The molecule has 3 aromatic rings. The van der Waals surface area contributed by atoms with Crippen LogP contribution < -0.4 is 0 Å². The van der Waals surface area contributed by atoms with Gasteiger partial charge in [0.2, 0.25) is 0 Å². The van der Waals surface area contributed by atoms with Crippen LogP contribution in [0, 0.1) is 0 Å². The molecule has 164 valence electrons. The van der Waals surface area contributed by atoms with Crippen LogP contribution in [0.1, 0.15) is 29.0 Å². The molecule has 1 unspecified atom stereocenters. The lowest BCUT2D eigenvalue weighted by atomic mass is 9.86. The van der Waals surface area contributed by atoms with E-state index in [0.717, 1.165) is 30.8 Å². The van der Waals surface area contributed by atoms with Gasteiger partial charge in [0.1, 0.15) is 0 Å². The van der Waals surface area contributed by atoms with E-state index < -0.39 is 11.9 Å². The Labute approximate surface area is 186 Å². The number of carbonyl (C=O) groups is 2. The summed E-state index contributed by atoms with van der Waals surface area (Å²) in [4.78, 5) is 30.1. The van der Waals surface area contributed by atoms with Crippen molar-refractivity contribution in [2.45, 2.75) is 18.9 Å². The summed E-state index contributed by atoms with van der Waals surface area (Å²) in [7, 11) is 2.20. The Morgan fingerprint density at radius 1 is 1.03 bits per heavy atom. The van der Waals surface area contributed by atoms with Crippen LogP contribution >= 0.6 is 0 Å². The van der Waals surface area contributed by atoms with E-state index in [1.807, 2.05) is 6.20 Å². The highest BCUT2D eigenvalue weighted by atomic mass is 16.4. The van der Waals surface area contributed by atoms with E-state index in [2.05, 4.69) is 70.4 Å². The highest BCUT2D eigenvalue weighted by Crippen LogP contribution is 2.35. The van der Waals surface area contributed by atoms with Crippen molar-refractivity contribution in [3.63, 3.8) is 0 Å². The number of hydrogen-bond acceptors (Lipinski definition) is 5. The molecule has 0 radical (unpaired) electrons. The van der Waals surface area contributed by atoms with E-state index >= 15 is 0 Å². The molecule has 0 saturated heterocycles. The fraction of sp³-hybridized carbons (Fsp3) is 0.200. The van der Waals surface area contributed by atoms with Gasteiger partial charge >= 0.3 is 11.9 Å². The smallest absolute Gasteiger partial charge is 0.328 e. The van der Waals surface area contributed by atoms with Crippen molar-refractivity contribution in [1.29, 1.82) is 0 Å². The van der Waals surface area contributed by atoms with Crippen LogP contribution in [0.3, 0.4) is 0 Å². The molecule has 0 aliphatic carbocycles. The van der Waals surface area contributed by atoms with Crippen molar-refractivity contribution in [3.05, 3.63) is 96.0 Å². The maximum atomic E-state index is 9.55. The summed E-state index contributed by atoms with van der Waals surface area (Å²) in [6, 6.07) is 17.6. The van der Waals surface area contributed by atoms with Gasteiger partial charge in [-0.25, -0.2) is 9.59 Å². The number of rotatable bonds is 4. The minimum atomic E-state index is -1.26. The minimum Gasteiger partial charge on any atom is -0.478 e. The van der Waals surface area contributed by atoms with Crippen molar-refractivity contribution >= 4 is 11.9 Å².